The summed E-state index contributed by atoms with van der Waals surface area (Å²) >= 11 is 1.84. The van der Waals surface area contributed by atoms with Gasteiger partial charge in [-0.15, -0.1) is 0 Å². The van der Waals surface area contributed by atoms with Gasteiger partial charge in [-0.2, -0.15) is 11.8 Å². The highest BCUT2D eigenvalue weighted by atomic mass is 32.2. The Kier molecular flexibility index (Phi) is 5.40. The summed E-state index contributed by atoms with van der Waals surface area (Å²) in [6, 6.07) is 1.80. The maximum Gasteiger partial charge on any atom is 0.146 e. The quantitative estimate of drug-likeness (QED) is 0.874. The van der Waals surface area contributed by atoms with Crippen molar-refractivity contribution in [3.05, 3.63) is 29.8 Å². The Hall–Kier alpha value is -0.610. The van der Waals surface area contributed by atoms with Gasteiger partial charge < -0.3 is 5.32 Å². The predicted octanol–water partition coefficient (Wildman–Crippen LogP) is 3.40. The van der Waals surface area contributed by atoms with Crippen LogP contribution in [0.15, 0.2) is 18.5 Å². The molecule has 0 aromatic carbocycles. The molecule has 1 unspecified atom stereocenters. The Morgan fingerprint density at radius 3 is 2.71 bits per heavy atom. The number of thioether (sulfide) groups is 1. The van der Waals surface area contributed by atoms with Gasteiger partial charge in [-0.1, -0.05) is 27.7 Å². The van der Waals surface area contributed by atoms with Crippen LogP contribution in [0.3, 0.4) is 0 Å². The molecule has 0 amide bonds. The van der Waals surface area contributed by atoms with E-state index < -0.39 is 0 Å². The number of nitrogens with one attached hydrogen (secondary N) is 1. The number of aromatic nitrogens is 1. The minimum Gasteiger partial charge on any atom is -0.309 e. The first kappa shape index (κ1) is 14.5. The molecule has 0 spiro atoms. The zero-order valence-corrected chi connectivity index (χ0v) is 11.8. The molecule has 1 aromatic rings. The first-order chi connectivity index (χ1) is 7.94. The molecule has 1 N–H and O–H groups in total. The molecule has 0 aliphatic heterocycles. The van der Waals surface area contributed by atoms with Crippen LogP contribution in [0.2, 0.25) is 0 Å². The topological polar surface area (TPSA) is 24.9 Å². The lowest BCUT2D eigenvalue weighted by Crippen LogP contribution is -2.26. The molecular formula is C13H21FN2S. The minimum atomic E-state index is -0.229. The lowest BCUT2D eigenvalue weighted by atomic mass is 10.1. The van der Waals surface area contributed by atoms with Gasteiger partial charge in [0.25, 0.3) is 0 Å². The molecule has 0 aliphatic rings. The van der Waals surface area contributed by atoms with E-state index in [4.69, 9.17) is 0 Å². The molecule has 17 heavy (non-hydrogen) atoms. The number of halogens is 1. The number of pyridine rings is 1. The van der Waals surface area contributed by atoms with E-state index >= 15 is 0 Å². The highest BCUT2D eigenvalue weighted by Gasteiger charge is 2.18. The van der Waals surface area contributed by atoms with Gasteiger partial charge in [-0.3, -0.25) is 4.98 Å². The van der Waals surface area contributed by atoms with Crippen molar-refractivity contribution in [1.29, 1.82) is 0 Å². The van der Waals surface area contributed by atoms with Crippen LogP contribution in [0.5, 0.6) is 0 Å². The largest absolute Gasteiger partial charge is 0.309 e. The van der Waals surface area contributed by atoms with Crippen molar-refractivity contribution in [1.82, 2.24) is 10.3 Å². The summed E-state index contributed by atoms with van der Waals surface area (Å²) in [5.74, 6) is 0.631. The van der Waals surface area contributed by atoms with Gasteiger partial charge >= 0.3 is 0 Å². The Bertz CT molecular complexity index is 350. The van der Waals surface area contributed by atoms with Gasteiger partial charge in [0, 0.05) is 28.3 Å². The van der Waals surface area contributed by atoms with Crippen molar-refractivity contribution in [2.75, 3.05) is 12.3 Å². The number of rotatable bonds is 5. The third kappa shape index (κ3) is 5.04. The molecule has 1 atom stereocenters. The van der Waals surface area contributed by atoms with E-state index in [1.165, 1.54) is 6.20 Å². The molecule has 2 nitrogen and oxygen atoms in total. The maximum atomic E-state index is 13.7. The fraction of sp³-hybridized carbons (Fsp3) is 0.615. The fourth-order valence-corrected chi connectivity index (χ4v) is 2.47. The highest BCUT2D eigenvalue weighted by Crippen LogP contribution is 2.29. The molecule has 1 aromatic heterocycles. The first-order valence-electron chi connectivity index (χ1n) is 5.91. The Morgan fingerprint density at radius 1 is 1.47 bits per heavy atom. The van der Waals surface area contributed by atoms with E-state index in [-0.39, 0.29) is 16.6 Å². The lowest BCUT2D eigenvalue weighted by Gasteiger charge is -2.24. The van der Waals surface area contributed by atoms with Crippen molar-refractivity contribution in [3.63, 3.8) is 0 Å². The highest BCUT2D eigenvalue weighted by molar-refractivity contribution is 8.00. The second-order valence-corrected chi connectivity index (χ2v) is 6.78. The number of nitrogens with zero attached hydrogens (tertiary/aromatic N) is 1. The summed E-state index contributed by atoms with van der Waals surface area (Å²) in [4.78, 5) is 3.79. The Morgan fingerprint density at radius 2 is 2.18 bits per heavy atom. The second kappa shape index (κ2) is 6.36. The monoisotopic (exact) mass is 256 g/mol. The van der Waals surface area contributed by atoms with Crippen molar-refractivity contribution in [3.8, 4) is 0 Å². The maximum absolute atomic E-state index is 13.7. The third-order valence-electron chi connectivity index (χ3n) is 2.31. The van der Waals surface area contributed by atoms with Crippen LogP contribution in [0.4, 0.5) is 4.39 Å². The molecule has 4 heteroatoms. The number of hydrogen-bond acceptors (Lipinski definition) is 3. The standard InChI is InChI=1S/C13H21FN2S/c1-5-16-12(9-17-13(2,3)4)10-6-7-15-8-11(10)14/h6-8,12,16H,5,9H2,1-4H3. The molecular weight excluding hydrogens is 235 g/mol. The van der Waals surface area contributed by atoms with Crippen molar-refractivity contribution < 1.29 is 4.39 Å². The van der Waals surface area contributed by atoms with Gasteiger partial charge in [-0.25, -0.2) is 4.39 Å². The third-order valence-corrected chi connectivity index (χ3v) is 3.68. The van der Waals surface area contributed by atoms with E-state index in [2.05, 4.69) is 31.1 Å². The van der Waals surface area contributed by atoms with Crippen LogP contribution < -0.4 is 5.32 Å². The molecule has 0 radical (unpaired) electrons. The van der Waals surface area contributed by atoms with Gasteiger partial charge in [0.2, 0.25) is 0 Å². The fourth-order valence-electron chi connectivity index (χ4n) is 1.51. The average Bonchev–Trinajstić information content (AvgIpc) is 2.24. The smallest absolute Gasteiger partial charge is 0.146 e. The normalized spacial score (nSPS) is 13.7. The van der Waals surface area contributed by atoms with E-state index in [9.17, 15) is 4.39 Å². The van der Waals surface area contributed by atoms with Crippen molar-refractivity contribution >= 4 is 11.8 Å². The van der Waals surface area contributed by atoms with Crippen LogP contribution in [-0.2, 0) is 0 Å². The first-order valence-corrected chi connectivity index (χ1v) is 6.89. The van der Waals surface area contributed by atoms with Crippen LogP contribution >= 0.6 is 11.8 Å². The van der Waals surface area contributed by atoms with Gasteiger partial charge in [0.15, 0.2) is 0 Å². The van der Waals surface area contributed by atoms with E-state index in [1.807, 2.05) is 18.7 Å². The molecule has 0 bridgehead atoms. The molecule has 0 fully saturated rings. The Labute approximate surface area is 107 Å². The second-order valence-electron chi connectivity index (χ2n) is 4.93. The summed E-state index contributed by atoms with van der Waals surface area (Å²) in [6.07, 6.45) is 2.92. The van der Waals surface area contributed by atoms with E-state index in [1.54, 1.807) is 12.3 Å². The SMILES string of the molecule is CCNC(CSC(C)(C)C)c1ccncc1F. The molecule has 0 saturated carbocycles. The zero-order valence-electron chi connectivity index (χ0n) is 11.0. The summed E-state index contributed by atoms with van der Waals surface area (Å²) in [7, 11) is 0. The minimum absolute atomic E-state index is 0.0484. The molecule has 1 heterocycles. The summed E-state index contributed by atoms with van der Waals surface area (Å²) in [6.45, 7) is 9.38. The van der Waals surface area contributed by atoms with E-state index in [0.29, 0.717) is 5.56 Å². The van der Waals surface area contributed by atoms with Crippen LogP contribution in [0.1, 0.15) is 39.3 Å². The van der Waals surface area contributed by atoms with Crippen molar-refractivity contribution in [2.45, 2.75) is 38.5 Å². The van der Waals surface area contributed by atoms with Crippen molar-refractivity contribution in [2.24, 2.45) is 0 Å². The summed E-state index contributed by atoms with van der Waals surface area (Å²) < 4.78 is 13.9. The van der Waals surface area contributed by atoms with Gasteiger partial charge in [0.05, 0.1) is 6.20 Å². The van der Waals surface area contributed by atoms with Crippen LogP contribution in [-0.4, -0.2) is 22.0 Å². The van der Waals surface area contributed by atoms with Gasteiger partial charge in [-0.05, 0) is 12.6 Å². The summed E-state index contributed by atoms with van der Waals surface area (Å²) in [5.41, 5.74) is 0.707. The molecule has 1 rings (SSSR count). The summed E-state index contributed by atoms with van der Waals surface area (Å²) in [5, 5.41) is 3.32. The van der Waals surface area contributed by atoms with Crippen LogP contribution in [0.25, 0.3) is 0 Å². The molecule has 0 saturated heterocycles. The van der Waals surface area contributed by atoms with Crippen LogP contribution in [0, 0.1) is 5.82 Å². The van der Waals surface area contributed by atoms with Gasteiger partial charge in [0.1, 0.15) is 5.82 Å². The molecule has 96 valence electrons. The Balaban J connectivity index is 2.75. The van der Waals surface area contributed by atoms with E-state index in [0.717, 1.165) is 12.3 Å². The lowest BCUT2D eigenvalue weighted by molar-refractivity contribution is 0.540. The average molecular weight is 256 g/mol. The number of hydrogen-bond donors (Lipinski definition) is 1. The molecule has 0 aliphatic carbocycles. The predicted molar refractivity (Wildman–Crippen MR) is 72.8 cm³/mol. The zero-order chi connectivity index (χ0) is 12.9.